The molecular weight excluding hydrogens is 438 g/mol. The van der Waals surface area contributed by atoms with Crippen LogP contribution in [0.5, 0.6) is 5.75 Å². The Hall–Kier alpha value is -3.50. The Morgan fingerprint density at radius 3 is 2.81 bits per heavy atom. The van der Waals surface area contributed by atoms with Crippen molar-refractivity contribution in [1.29, 1.82) is 0 Å². The number of aromatic nitrogens is 1. The quantitative estimate of drug-likeness (QED) is 0.325. The maximum atomic E-state index is 12.3. The van der Waals surface area contributed by atoms with E-state index in [1.165, 1.54) is 17.9 Å². The average Bonchev–Trinajstić information content (AvgIpc) is 3.41. The van der Waals surface area contributed by atoms with Crippen LogP contribution in [-0.2, 0) is 21.3 Å². The third-order valence-electron chi connectivity index (χ3n) is 4.38. The fraction of sp³-hybridized carbons (Fsp3) is 0.0952. The lowest BCUT2D eigenvalue weighted by atomic mass is 10.0. The number of amides is 1. The van der Waals surface area contributed by atoms with Crippen LogP contribution in [0.1, 0.15) is 26.8 Å². The molecule has 8 nitrogen and oxygen atoms in total. The normalized spacial score (nSPS) is 11.9. The van der Waals surface area contributed by atoms with Crippen molar-refractivity contribution in [3.8, 4) is 5.75 Å². The van der Waals surface area contributed by atoms with Crippen LogP contribution in [-0.4, -0.2) is 30.6 Å². The second-order valence-electron chi connectivity index (χ2n) is 6.66. The number of phenolic OH excluding ortho intramolecular Hbond substituents is 1. The lowest BCUT2D eigenvalue weighted by molar-refractivity contribution is 0.0950. The van der Waals surface area contributed by atoms with Gasteiger partial charge in [-0.05, 0) is 29.0 Å². The lowest BCUT2D eigenvalue weighted by Gasteiger charge is -2.04. The molecular formula is C21H17N3O5S2. The first-order valence-electron chi connectivity index (χ1n) is 9.12. The van der Waals surface area contributed by atoms with Crippen molar-refractivity contribution < 1.29 is 22.7 Å². The molecule has 1 amide bonds. The minimum atomic E-state index is -3.48. The summed E-state index contributed by atoms with van der Waals surface area (Å²) in [5, 5.41) is 17.5. The summed E-state index contributed by atoms with van der Waals surface area (Å²) in [6, 6.07) is 14.0. The largest absolute Gasteiger partial charge is 0.507 e. The summed E-state index contributed by atoms with van der Waals surface area (Å²) in [4.78, 5) is 16.4. The molecule has 0 saturated heterocycles. The van der Waals surface area contributed by atoms with Gasteiger partial charge in [0.15, 0.2) is 9.84 Å². The molecule has 10 heteroatoms. The number of benzene rings is 2. The molecule has 31 heavy (non-hydrogen) atoms. The van der Waals surface area contributed by atoms with E-state index in [2.05, 4.69) is 15.5 Å². The number of hydrogen-bond acceptors (Lipinski definition) is 8. The summed E-state index contributed by atoms with van der Waals surface area (Å²) >= 11 is 1.08. The van der Waals surface area contributed by atoms with Gasteiger partial charge in [-0.2, -0.15) is 5.10 Å². The van der Waals surface area contributed by atoms with Crippen LogP contribution in [0.15, 0.2) is 69.7 Å². The van der Waals surface area contributed by atoms with Crippen molar-refractivity contribution in [3.05, 3.63) is 82.2 Å². The predicted octanol–water partition coefficient (Wildman–Crippen LogP) is 3.47. The minimum Gasteiger partial charge on any atom is -0.507 e. The number of carbonyl (C=O) groups is 1. The monoisotopic (exact) mass is 455 g/mol. The lowest BCUT2D eigenvalue weighted by Crippen LogP contribution is -2.18. The van der Waals surface area contributed by atoms with E-state index in [-0.39, 0.29) is 22.9 Å². The molecule has 0 radical (unpaired) electrons. The second-order valence-corrected chi connectivity index (χ2v) is 9.66. The Kier molecular flexibility index (Phi) is 5.83. The summed E-state index contributed by atoms with van der Waals surface area (Å²) in [6.07, 6.45) is 2.77. The van der Waals surface area contributed by atoms with E-state index in [0.717, 1.165) is 22.1 Å². The number of furan rings is 1. The Balaban J connectivity index is 1.42. The third-order valence-corrected chi connectivity index (χ3v) is 6.85. The molecule has 0 aliphatic carbocycles. The van der Waals surface area contributed by atoms with Gasteiger partial charge in [0.25, 0.3) is 5.91 Å². The number of thiazole rings is 1. The van der Waals surface area contributed by atoms with E-state index in [1.807, 2.05) is 24.3 Å². The molecule has 0 aliphatic rings. The molecule has 2 aromatic carbocycles. The standard InChI is InChI=1S/C21H17N3O5S2/c25-19-8-7-14-4-1-2-6-16(14)17(19)10-22-24-21(26)18-11-30-20(23-18)13-31(27,28)12-15-5-3-9-29-15/h1-11,25H,12-13H2,(H,24,26)/b22-10+. The number of fused-ring (bicyclic) bond motifs is 1. The minimum absolute atomic E-state index is 0.0365. The highest BCUT2D eigenvalue weighted by Crippen LogP contribution is 2.25. The van der Waals surface area contributed by atoms with Gasteiger partial charge in [-0.1, -0.05) is 30.3 Å². The van der Waals surface area contributed by atoms with Gasteiger partial charge in [0.2, 0.25) is 0 Å². The highest BCUT2D eigenvalue weighted by Gasteiger charge is 2.19. The van der Waals surface area contributed by atoms with Crippen LogP contribution in [0.4, 0.5) is 0 Å². The first kappa shape index (κ1) is 20.8. The zero-order valence-electron chi connectivity index (χ0n) is 16.1. The van der Waals surface area contributed by atoms with Crippen LogP contribution in [0.3, 0.4) is 0 Å². The summed E-state index contributed by atoms with van der Waals surface area (Å²) in [5.41, 5.74) is 2.89. The van der Waals surface area contributed by atoms with Crippen molar-refractivity contribution in [2.45, 2.75) is 11.5 Å². The molecule has 4 rings (SSSR count). The van der Waals surface area contributed by atoms with E-state index in [0.29, 0.717) is 16.3 Å². The van der Waals surface area contributed by atoms with Gasteiger partial charge >= 0.3 is 0 Å². The number of nitrogens with zero attached hydrogens (tertiary/aromatic N) is 2. The number of phenols is 1. The molecule has 2 aromatic heterocycles. The van der Waals surface area contributed by atoms with E-state index in [1.54, 1.807) is 24.3 Å². The van der Waals surface area contributed by atoms with Crippen LogP contribution in [0.25, 0.3) is 10.8 Å². The van der Waals surface area contributed by atoms with E-state index < -0.39 is 15.7 Å². The Bertz CT molecular complexity index is 1360. The Labute approximate surface area is 181 Å². The van der Waals surface area contributed by atoms with Gasteiger partial charge in [0, 0.05) is 10.9 Å². The first-order valence-corrected chi connectivity index (χ1v) is 11.8. The van der Waals surface area contributed by atoms with Gasteiger partial charge in [-0.3, -0.25) is 4.79 Å². The smallest absolute Gasteiger partial charge is 0.290 e. The summed E-state index contributed by atoms with van der Waals surface area (Å²) < 4.78 is 29.6. The number of aromatic hydroxyl groups is 1. The highest BCUT2D eigenvalue weighted by atomic mass is 32.2. The SMILES string of the molecule is O=C(N/N=C/c1c(O)ccc2ccccc12)c1csc(CS(=O)(=O)Cc2ccco2)n1. The summed E-state index contributed by atoms with van der Waals surface area (Å²) in [5.74, 6) is -0.726. The van der Waals surface area contributed by atoms with E-state index >= 15 is 0 Å². The number of hydrazone groups is 1. The zero-order chi connectivity index (χ0) is 21.8. The number of hydrogen-bond donors (Lipinski definition) is 2. The average molecular weight is 456 g/mol. The third kappa shape index (κ3) is 4.98. The molecule has 0 atom stereocenters. The zero-order valence-corrected chi connectivity index (χ0v) is 17.7. The van der Waals surface area contributed by atoms with E-state index in [4.69, 9.17) is 4.42 Å². The van der Waals surface area contributed by atoms with Crippen molar-refractivity contribution in [1.82, 2.24) is 10.4 Å². The van der Waals surface area contributed by atoms with Crippen LogP contribution in [0.2, 0.25) is 0 Å². The van der Waals surface area contributed by atoms with Crippen molar-refractivity contribution in [3.63, 3.8) is 0 Å². The number of carbonyl (C=O) groups excluding carboxylic acids is 1. The topological polar surface area (TPSA) is 122 Å². The molecule has 2 N–H and O–H groups in total. The maximum absolute atomic E-state index is 12.3. The van der Waals surface area contributed by atoms with Gasteiger partial charge in [-0.25, -0.2) is 18.8 Å². The van der Waals surface area contributed by atoms with Gasteiger partial charge in [0.05, 0.1) is 12.5 Å². The molecule has 0 saturated carbocycles. The second kappa shape index (κ2) is 8.70. The van der Waals surface area contributed by atoms with Crippen LogP contribution < -0.4 is 5.43 Å². The van der Waals surface area contributed by atoms with E-state index in [9.17, 15) is 18.3 Å². The maximum Gasteiger partial charge on any atom is 0.290 e. The van der Waals surface area contributed by atoms with Gasteiger partial charge in [0.1, 0.15) is 33.7 Å². The molecule has 0 fully saturated rings. The Morgan fingerprint density at radius 2 is 2.00 bits per heavy atom. The summed E-state index contributed by atoms with van der Waals surface area (Å²) in [6.45, 7) is 0. The first-order chi connectivity index (χ1) is 14.9. The van der Waals surface area contributed by atoms with Crippen LogP contribution in [0, 0.1) is 0 Å². The van der Waals surface area contributed by atoms with Crippen molar-refractivity contribution in [2.24, 2.45) is 5.10 Å². The Morgan fingerprint density at radius 1 is 1.16 bits per heavy atom. The molecule has 158 valence electrons. The molecule has 2 heterocycles. The van der Waals surface area contributed by atoms with Gasteiger partial charge < -0.3 is 9.52 Å². The highest BCUT2D eigenvalue weighted by molar-refractivity contribution is 7.89. The summed E-state index contributed by atoms with van der Waals surface area (Å²) in [7, 11) is -3.48. The fourth-order valence-corrected chi connectivity index (χ4v) is 5.47. The molecule has 0 bridgehead atoms. The number of sulfone groups is 1. The van der Waals surface area contributed by atoms with Crippen molar-refractivity contribution in [2.75, 3.05) is 0 Å². The van der Waals surface area contributed by atoms with Crippen molar-refractivity contribution >= 4 is 44.1 Å². The number of nitrogens with one attached hydrogen (secondary N) is 1. The fourth-order valence-electron chi connectivity index (χ4n) is 2.96. The van der Waals surface area contributed by atoms with Crippen LogP contribution >= 0.6 is 11.3 Å². The molecule has 0 unspecified atom stereocenters. The van der Waals surface area contributed by atoms with Gasteiger partial charge in [-0.15, -0.1) is 11.3 Å². The molecule has 0 spiro atoms. The molecule has 4 aromatic rings. The number of rotatable bonds is 7. The molecule has 0 aliphatic heterocycles. The predicted molar refractivity (Wildman–Crippen MR) is 118 cm³/mol.